The summed E-state index contributed by atoms with van der Waals surface area (Å²) in [7, 11) is 0. The lowest BCUT2D eigenvalue weighted by Gasteiger charge is -2.30. The first-order valence-electron chi connectivity index (χ1n) is 4.92. The summed E-state index contributed by atoms with van der Waals surface area (Å²) >= 11 is 4.13. The minimum absolute atomic E-state index is 0.735. The molecule has 0 unspecified atom stereocenters. The van der Waals surface area contributed by atoms with Gasteiger partial charge in [-0.3, -0.25) is 5.41 Å². The Kier molecular flexibility index (Phi) is 3.44. The molecule has 2 fully saturated rings. The molecule has 0 aromatic rings. The number of rotatable bonds is 2. The number of nitrogens with zero attached hydrogens (tertiary/aromatic N) is 1. The maximum atomic E-state index is 7.82. The fraction of sp³-hybridized carbons (Fsp3) is 0.889. The third-order valence-electron chi connectivity index (χ3n) is 2.53. The molecular formula is C9H16N2S2. The van der Waals surface area contributed by atoms with Gasteiger partial charge in [0.25, 0.3) is 0 Å². The van der Waals surface area contributed by atoms with Crippen LogP contribution in [0.2, 0.25) is 0 Å². The Labute approximate surface area is 88.3 Å². The number of piperidine rings is 1. The van der Waals surface area contributed by atoms with Crippen LogP contribution >= 0.6 is 23.5 Å². The van der Waals surface area contributed by atoms with Crippen LogP contribution in [0.15, 0.2) is 0 Å². The largest absolute Gasteiger partial charge is 0.359 e. The van der Waals surface area contributed by atoms with Gasteiger partial charge in [-0.25, -0.2) is 0 Å². The Bertz CT molecular complexity index is 190. The van der Waals surface area contributed by atoms with E-state index in [9.17, 15) is 0 Å². The van der Waals surface area contributed by atoms with Crippen molar-refractivity contribution in [2.75, 3.05) is 24.6 Å². The summed E-state index contributed by atoms with van der Waals surface area (Å²) in [5, 5.41) is 7.82. The van der Waals surface area contributed by atoms with Crippen molar-refractivity contribution in [3.8, 4) is 0 Å². The first kappa shape index (κ1) is 9.71. The molecule has 0 amide bonds. The van der Waals surface area contributed by atoms with Gasteiger partial charge in [0, 0.05) is 31.0 Å². The summed E-state index contributed by atoms with van der Waals surface area (Å²) in [5.41, 5.74) is 0. The van der Waals surface area contributed by atoms with Crippen molar-refractivity contribution in [2.45, 2.75) is 23.8 Å². The highest BCUT2D eigenvalue weighted by molar-refractivity contribution is 8.20. The van der Waals surface area contributed by atoms with Crippen molar-refractivity contribution in [3.63, 3.8) is 0 Å². The molecule has 0 radical (unpaired) electrons. The molecule has 0 bridgehead atoms. The van der Waals surface area contributed by atoms with Crippen molar-refractivity contribution >= 4 is 29.4 Å². The van der Waals surface area contributed by atoms with E-state index in [2.05, 4.69) is 28.4 Å². The number of hydrogen-bond acceptors (Lipinski definition) is 3. The van der Waals surface area contributed by atoms with Crippen molar-refractivity contribution in [2.24, 2.45) is 0 Å². The van der Waals surface area contributed by atoms with E-state index in [1.807, 2.05) is 0 Å². The Morgan fingerprint density at radius 2 is 2.08 bits per heavy atom. The normalized spacial score (nSPS) is 25.5. The molecule has 0 aliphatic carbocycles. The molecule has 0 spiro atoms. The standard InChI is InChI=1S/C9H16N2S2/c10-8-3-1-2-4-11(8)7-9-12-5-6-13-9/h9-10H,1-7H2. The quantitative estimate of drug-likeness (QED) is 0.767. The minimum atomic E-state index is 0.735. The molecule has 2 aliphatic heterocycles. The maximum absolute atomic E-state index is 7.82. The average Bonchev–Trinajstić information content (AvgIpc) is 2.61. The van der Waals surface area contributed by atoms with Gasteiger partial charge in [0.1, 0.15) is 0 Å². The monoisotopic (exact) mass is 216 g/mol. The summed E-state index contributed by atoms with van der Waals surface area (Å²) in [6.07, 6.45) is 3.51. The van der Waals surface area contributed by atoms with Crippen LogP contribution in [-0.4, -0.2) is 39.9 Å². The highest BCUT2D eigenvalue weighted by atomic mass is 32.2. The van der Waals surface area contributed by atoms with Crippen LogP contribution in [0.5, 0.6) is 0 Å². The molecule has 2 nitrogen and oxygen atoms in total. The van der Waals surface area contributed by atoms with Crippen molar-refractivity contribution in [1.82, 2.24) is 4.90 Å². The Morgan fingerprint density at radius 1 is 1.31 bits per heavy atom. The Morgan fingerprint density at radius 3 is 2.77 bits per heavy atom. The highest BCUT2D eigenvalue weighted by Crippen LogP contribution is 2.32. The van der Waals surface area contributed by atoms with Gasteiger partial charge >= 0.3 is 0 Å². The third kappa shape index (κ3) is 2.56. The minimum Gasteiger partial charge on any atom is -0.359 e. The second-order valence-electron chi connectivity index (χ2n) is 3.52. The fourth-order valence-corrected chi connectivity index (χ4v) is 4.61. The maximum Gasteiger partial charge on any atom is 0.0958 e. The summed E-state index contributed by atoms with van der Waals surface area (Å²) in [5.74, 6) is 3.48. The Balaban J connectivity index is 1.81. The lowest BCUT2D eigenvalue weighted by Crippen LogP contribution is -2.38. The van der Waals surface area contributed by atoms with Crippen LogP contribution in [0.25, 0.3) is 0 Å². The molecule has 0 atom stereocenters. The summed E-state index contributed by atoms with van der Waals surface area (Å²) in [4.78, 5) is 2.28. The van der Waals surface area contributed by atoms with Gasteiger partial charge in [-0.1, -0.05) is 0 Å². The van der Waals surface area contributed by atoms with Crippen LogP contribution in [0, 0.1) is 5.41 Å². The van der Waals surface area contributed by atoms with Gasteiger partial charge in [-0.05, 0) is 12.8 Å². The van der Waals surface area contributed by atoms with E-state index in [0.717, 1.165) is 29.9 Å². The first-order chi connectivity index (χ1) is 6.36. The molecule has 0 saturated carbocycles. The van der Waals surface area contributed by atoms with Crippen LogP contribution in [0.3, 0.4) is 0 Å². The highest BCUT2D eigenvalue weighted by Gasteiger charge is 2.22. The predicted molar refractivity (Wildman–Crippen MR) is 61.9 cm³/mol. The van der Waals surface area contributed by atoms with E-state index >= 15 is 0 Å². The molecule has 0 aromatic carbocycles. The number of nitrogens with one attached hydrogen (secondary N) is 1. The van der Waals surface area contributed by atoms with Gasteiger partial charge in [-0.15, -0.1) is 23.5 Å². The van der Waals surface area contributed by atoms with Crippen LogP contribution in [0.1, 0.15) is 19.3 Å². The number of hydrogen-bond donors (Lipinski definition) is 1. The van der Waals surface area contributed by atoms with E-state index in [0.29, 0.717) is 0 Å². The zero-order valence-electron chi connectivity index (χ0n) is 7.79. The molecule has 2 rings (SSSR count). The van der Waals surface area contributed by atoms with Gasteiger partial charge in [0.05, 0.1) is 10.4 Å². The lowest BCUT2D eigenvalue weighted by atomic mass is 10.1. The van der Waals surface area contributed by atoms with Gasteiger partial charge in [0.15, 0.2) is 0 Å². The molecule has 2 saturated heterocycles. The van der Waals surface area contributed by atoms with E-state index in [4.69, 9.17) is 5.41 Å². The van der Waals surface area contributed by atoms with Crippen LogP contribution < -0.4 is 0 Å². The van der Waals surface area contributed by atoms with Crippen molar-refractivity contribution < 1.29 is 0 Å². The average molecular weight is 216 g/mol. The van der Waals surface area contributed by atoms with E-state index in [1.54, 1.807) is 0 Å². The van der Waals surface area contributed by atoms with Crippen LogP contribution in [-0.2, 0) is 0 Å². The SMILES string of the molecule is N=C1CCCCN1CC1SCCS1. The second kappa shape index (κ2) is 4.60. The molecule has 2 aliphatic rings. The molecule has 1 N–H and O–H groups in total. The van der Waals surface area contributed by atoms with Crippen molar-refractivity contribution in [3.05, 3.63) is 0 Å². The molecule has 13 heavy (non-hydrogen) atoms. The third-order valence-corrected chi connectivity index (χ3v) is 5.53. The summed E-state index contributed by atoms with van der Waals surface area (Å²) < 4.78 is 0.735. The van der Waals surface area contributed by atoms with E-state index in [1.165, 1.54) is 24.3 Å². The topological polar surface area (TPSA) is 27.1 Å². The number of thioether (sulfide) groups is 2. The van der Waals surface area contributed by atoms with Crippen LogP contribution in [0.4, 0.5) is 0 Å². The zero-order chi connectivity index (χ0) is 9.10. The molecular weight excluding hydrogens is 200 g/mol. The summed E-state index contributed by atoms with van der Waals surface area (Å²) in [6, 6.07) is 0. The lowest BCUT2D eigenvalue weighted by molar-refractivity contribution is 0.382. The van der Waals surface area contributed by atoms with Crippen molar-refractivity contribution in [1.29, 1.82) is 5.41 Å². The second-order valence-corrected chi connectivity index (χ2v) is 6.44. The molecule has 2 heterocycles. The first-order valence-corrected chi connectivity index (χ1v) is 7.01. The smallest absolute Gasteiger partial charge is 0.0958 e. The van der Waals surface area contributed by atoms with Gasteiger partial charge in [-0.2, -0.15) is 0 Å². The van der Waals surface area contributed by atoms with E-state index in [-0.39, 0.29) is 0 Å². The molecule has 4 heteroatoms. The zero-order valence-corrected chi connectivity index (χ0v) is 9.42. The van der Waals surface area contributed by atoms with Gasteiger partial charge in [0.2, 0.25) is 0 Å². The molecule has 0 aromatic heterocycles. The summed E-state index contributed by atoms with van der Waals surface area (Å²) in [6.45, 7) is 2.23. The Hall–Kier alpha value is 0.170. The number of likely N-dealkylation sites (tertiary alicyclic amines) is 1. The predicted octanol–water partition coefficient (Wildman–Crippen LogP) is 2.26. The molecule has 74 valence electrons. The number of amidine groups is 1. The van der Waals surface area contributed by atoms with E-state index < -0.39 is 0 Å². The van der Waals surface area contributed by atoms with Gasteiger partial charge < -0.3 is 4.90 Å². The fourth-order valence-electron chi connectivity index (χ4n) is 1.78.